The molecule has 2 rings (SSSR count). The highest BCUT2D eigenvalue weighted by Crippen LogP contribution is 2.40. The van der Waals surface area contributed by atoms with E-state index in [0.717, 1.165) is 5.56 Å². The molecule has 162 valence electrons. The standard InChI is InChI=1S/C22H32FNO5/c1-7-15-12-16(28-14-18(25)27-6)13-17(23)19(15)22(5)8-10-24(11-9-22)20(26)29-21(2,3)4/h12-13H,7-11,14H2,1-6H3. The van der Waals surface area contributed by atoms with Crippen LogP contribution >= 0.6 is 0 Å². The number of hydrogen-bond acceptors (Lipinski definition) is 5. The average molecular weight is 409 g/mol. The van der Waals surface area contributed by atoms with E-state index in [1.54, 1.807) is 11.0 Å². The highest BCUT2D eigenvalue weighted by molar-refractivity contribution is 5.71. The van der Waals surface area contributed by atoms with Gasteiger partial charge in [-0.3, -0.25) is 0 Å². The Hall–Kier alpha value is -2.31. The summed E-state index contributed by atoms with van der Waals surface area (Å²) >= 11 is 0. The van der Waals surface area contributed by atoms with Gasteiger partial charge in [-0.25, -0.2) is 14.0 Å². The van der Waals surface area contributed by atoms with Crippen LogP contribution in [0.3, 0.4) is 0 Å². The van der Waals surface area contributed by atoms with Gasteiger partial charge in [0.15, 0.2) is 6.61 Å². The minimum absolute atomic E-state index is 0.263. The Labute approximate surface area is 172 Å². The number of nitrogens with zero attached hydrogens (tertiary/aromatic N) is 1. The fourth-order valence-electron chi connectivity index (χ4n) is 3.63. The van der Waals surface area contributed by atoms with Crippen LogP contribution in [0, 0.1) is 5.82 Å². The molecule has 0 saturated carbocycles. The van der Waals surface area contributed by atoms with Crippen molar-refractivity contribution in [3.8, 4) is 5.75 Å². The van der Waals surface area contributed by atoms with E-state index in [9.17, 15) is 9.59 Å². The third-order valence-electron chi connectivity index (χ3n) is 5.23. The summed E-state index contributed by atoms with van der Waals surface area (Å²) in [6.07, 6.45) is 1.58. The number of methoxy groups -OCH3 is 1. The molecule has 0 bridgehead atoms. The number of halogens is 1. The van der Waals surface area contributed by atoms with Crippen molar-refractivity contribution in [1.29, 1.82) is 0 Å². The van der Waals surface area contributed by atoms with Crippen LogP contribution in [0.25, 0.3) is 0 Å². The Balaban J connectivity index is 2.17. The van der Waals surface area contributed by atoms with Crippen molar-refractivity contribution >= 4 is 12.1 Å². The number of rotatable bonds is 5. The first-order chi connectivity index (χ1) is 13.5. The van der Waals surface area contributed by atoms with Crippen LogP contribution in [0.4, 0.5) is 9.18 Å². The maximum atomic E-state index is 15.1. The molecule has 29 heavy (non-hydrogen) atoms. The Bertz CT molecular complexity index is 748. The fourth-order valence-corrected chi connectivity index (χ4v) is 3.63. The second-order valence-corrected chi connectivity index (χ2v) is 8.69. The highest BCUT2D eigenvalue weighted by Gasteiger charge is 2.38. The number of carbonyl (C=O) groups excluding carboxylic acids is 2. The van der Waals surface area contributed by atoms with Gasteiger partial charge in [0, 0.05) is 19.2 Å². The van der Waals surface area contributed by atoms with Crippen molar-refractivity contribution in [2.75, 3.05) is 26.8 Å². The molecule has 0 N–H and O–H groups in total. The monoisotopic (exact) mass is 409 g/mol. The SMILES string of the molecule is CCc1cc(OCC(=O)OC)cc(F)c1C1(C)CCN(C(=O)OC(C)(C)C)CC1. The fraction of sp³-hybridized carbons (Fsp3) is 0.636. The van der Waals surface area contributed by atoms with E-state index in [1.165, 1.54) is 13.2 Å². The van der Waals surface area contributed by atoms with E-state index in [-0.39, 0.29) is 18.5 Å². The summed E-state index contributed by atoms with van der Waals surface area (Å²) in [5.41, 5.74) is 0.570. The molecule has 1 fully saturated rings. The third-order valence-corrected chi connectivity index (χ3v) is 5.23. The molecule has 1 aliphatic heterocycles. The lowest BCUT2D eigenvalue weighted by atomic mass is 9.72. The van der Waals surface area contributed by atoms with E-state index >= 15 is 4.39 Å². The van der Waals surface area contributed by atoms with Crippen LogP contribution in [0.2, 0.25) is 0 Å². The molecule has 1 saturated heterocycles. The predicted molar refractivity (Wildman–Crippen MR) is 108 cm³/mol. The smallest absolute Gasteiger partial charge is 0.410 e. The van der Waals surface area contributed by atoms with Gasteiger partial charge in [0.1, 0.15) is 17.2 Å². The number of carbonyl (C=O) groups is 2. The van der Waals surface area contributed by atoms with E-state index in [4.69, 9.17) is 9.47 Å². The molecule has 0 spiro atoms. The van der Waals surface area contributed by atoms with Gasteiger partial charge in [-0.05, 0) is 62.6 Å². The van der Waals surface area contributed by atoms with Crippen molar-refractivity contribution in [3.05, 3.63) is 29.1 Å². The van der Waals surface area contributed by atoms with E-state index in [1.807, 2.05) is 34.6 Å². The molecule has 6 nitrogen and oxygen atoms in total. The maximum absolute atomic E-state index is 15.1. The van der Waals surface area contributed by atoms with Crippen LogP contribution in [0.1, 0.15) is 58.6 Å². The van der Waals surface area contributed by atoms with Crippen molar-refractivity contribution in [2.24, 2.45) is 0 Å². The van der Waals surface area contributed by atoms with E-state index in [2.05, 4.69) is 4.74 Å². The van der Waals surface area contributed by atoms with Gasteiger partial charge in [0.05, 0.1) is 7.11 Å². The van der Waals surface area contributed by atoms with Crippen molar-refractivity contribution in [2.45, 2.75) is 64.9 Å². The average Bonchev–Trinajstić information content (AvgIpc) is 2.64. The zero-order valence-corrected chi connectivity index (χ0v) is 18.3. The lowest BCUT2D eigenvalue weighted by molar-refractivity contribution is -0.142. The van der Waals surface area contributed by atoms with E-state index < -0.39 is 17.0 Å². The Morgan fingerprint density at radius 2 is 1.83 bits per heavy atom. The van der Waals surface area contributed by atoms with Gasteiger partial charge in [0.25, 0.3) is 0 Å². The van der Waals surface area contributed by atoms with Gasteiger partial charge < -0.3 is 19.1 Å². The minimum Gasteiger partial charge on any atom is -0.482 e. The van der Waals surface area contributed by atoms with Gasteiger partial charge in [-0.1, -0.05) is 13.8 Å². The first-order valence-corrected chi connectivity index (χ1v) is 9.99. The summed E-state index contributed by atoms with van der Waals surface area (Å²) in [6.45, 7) is 10.3. The Morgan fingerprint density at radius 1 is 1.21 bits per heavy atom. The van der Waals surface area contributed by atoms with Gasteiger partial charge in [-0.2, -0.15) is 0 Å². The number of piperidine rings is 1. The molecule has 1 heterocycles. The summed E-state index contributed by atoms with van der Waals surface area (Å²) in [6, 6.07) is 3.11. The second kappa shape index (κ2) is 9.01. The first kappa shape index (κ1) is 23.0. The van der Waals surface area contributed by atoms with Crippen LogP contribution in [0.15, 0.2) is 12.1 Å². The van der Waals surface area contributed by atoms with Crippen LogP contribution in [-0.2, 0) is 26.1 Å². The number of likely N-dealkylation sites (tertiary alicyclic amines) is 1. The van der Waals surface area contributed by atoms with Gasteiger partial charge in [0.2, 0.25) is 0 Å². The van der Waals surface area contributed by atoms with Crippen molar-refractivity contribution < 1.29 is 28.2 Å². The maximum Gasteiger partial charge on any atom is 0.410 e. The summed E-state index contributed by atoms with van der Waals surface area (Å²) in [4.78, 5) is 25.3. The lowest BCUT2D eigenvalue weighted by Crippen LogP contribution is -2.46. The zero-order chi connectivity index (χ0) is 21.8. The van der Waals surface area contributed by atoms with Crippen LogP contribution in [0.5, 0.6) is 5.75 Å². The Kier molecular flexibility index (Phi) is 7.14. The first-order valence-electron chi connectivity index (χ1n) is 9.99. The van der Waals surface area contributed by atoms with Crippen LogP contribution in [-0.4, -0.2) is 49.4 Å². The molecule has 1 aromatic carbocycles. The predicted octanol–water partition coefficient (Wildman–Crippen LogP) is 4.23. The van der Waals surface area contributed by atoms with Crippen molar-refractivity contribution in [1.82, 2.24) is 4.90 Å². The zero-order valence-electron chi connectivity index (χ0n) is 18.3. The van der Waals surface area contributed by atoms with Gasteiger partial charge >= 0.3 is 12.1 Å². The molecule has 1 aliphatic rings. The number of aryl methyl sites for hydroxylation is 1. The molecule has 0 aromatic heterocycles. The number of ether oxygens (including phenoxy) is 3. The molecule has 7 heteroatoms. The number of amides is 1. The summed E-state index contributed by atoms with van der Waals surface area (Å²) in [5.74, 6) is -0.560. The molecular formula is C22H32FNO5. The molecule has 1 aromatic rings. The summed E-state index contributed by atoms with van der Waals surface area (Å²) in [5, 5.41) is 0. The van der Waals surface area contributed by atoms with Crippen molar-refractivity contribution in [3.63, 3.8) is 0 Å². The number of esters is 1. The largest absolute Gasteiger partial charge is 0.482 e. The molecule has 0 radical (unpaired) electrons. The quantitative estimate of drug-likeness (QED) is 0.681. The highest BCUT2D eigenvalue weighted by atomic mass is 19.1. The minimum atomic E-state index is -0.542. The van der Waals surface area contributed by atoms with Gasteiger partial charge in [-0.15, -0.1) is 0 Å². The normalized spacial score (nSPS) is 16.3. The Morgan fingerprint density at radius 3 is 2.34 bits per heavy atom. The molecular weight excluding hydrogens is 377 g/mol. The van der Waals surface area contributed by atoms with Crippen LogP contribution < -0.4 is 4.74 Å². The third kappa shape index (κ3) is 5.84. The lowest BCUT2D eigenvalue weighted by Gasteiger charge is -2.41. The number of hydrogen-bond donors (Lipinski definition) is 0. The molecule has 1 amide bonds. The number of benzene rings is 1. The second-order valence-electron chi connectivity index (χ2n) is 8.69. The molecule has 0 aliphatic carbocycles. The topological polar surface area (TPSA) is 65.1 Å². The summed E-state index contributed by atoms with van der Waals surface area (Å²) < 4.78 is 30.5. The van der Waals surface area contributed by atoms with E-state index in [0.29, 0.717) is 43.7 Å². The molecule has 0 atom stereocenters. The molecule has 0 unspecified atom stereocenters. The summed E-state index contributed by atoms with van der Waals surface area (Å²) in [7, 11) is 1.28.